The first-order valence-corrected chi connectivity index (χ1v) is 6.59. The van der Waals surface area contributed by atoms with E-state index in [4.69, 9.17) is 20.3 Å². The molecule has 0 radical (unpaired) electrons. The molecule has 0 bridgehead atoms. The summed E-state index contributed by atoms with van der Waals surface area (Å²) in [5, 5.41) is 8.73. The fraction of sp³-hybridized carbons (Fsp3) is 0.467. The van der Waals surface area contributed by atoms with Crippen LogP contribution in [0.1, 0.15) is 26.3 Å². The Hall–Kier alpha value is -2.08. The summed E-state index contributed by atoms with van der Waals surface area (Å²) in [6.07, 6.45) is 0.238. The number of aliphatic carboxylic acids is 1. The number of ether oxygens (including phenoxy) is 2. The number of hydrogen-bond donors (Lipinski definition) is 2. The van der Waals surface area contributed by atoms with Crippen LogP contribution in [0, 0.1) is 0 Å². The van der Waals surface area contributed by atoms with Gasteiger partial charge in [-0.15, -0.1) is 0 Å². The van der Waals surface area contributed by atoms with Crippen molar-refractivity contribution in [3.63, 3.8) is 0 Å². The van der Waals surface area contributed by atoms with Crippen molar-refractivity contribution in [2.75, 3.05) is 6.61 Å². The molecule has 1 atom stereocenters. The largest absolute Gasteiger partial charge is 0.482 e. The number of esters is 1. The second kappa shape index (κ2) is 7.08. The highest BCUT2D eigenvalue weighted by atomic mass is 16.6. The molecule has 1 aromatic rings. The van der Waals surface area contributed by atoms with E-state index in [1.807, 2.05) is 0 Å². The van der Waals surface area contributed by atoms with E-state index in [2.05, 4.69) is 0 Å². The molecule has 1 aromatic carbocycles. The fourth-order valence-electron chi connectivity index (χ4n) is 1.58. The van der Waals surface area contributed by atoms with Gasteiger partial charge in [0.1, 0.15) is 17.4 Å². The normalized spacial score (nSPS) is 12.6. The zero-order valence-electron chi connectivity index (χ0n) is 12.5. The maximum absolute atomic E-state index is 11.5. The zero-order chi connectivity index (χ0) is 16.0. The molecule has 0 aliphatic heterocycles. The predicted molar refractivity (Wildman–Crippen MR) is 77.1 cm³/mol. The summed E-state index contributed by atoms with van der Waals surface area (Å²) < 4.78 is 10.4. The van der Waals surface area contributed by atoms with Gasteiger partial charge in [0, 0.05) is 0 Å². The molecular formula is C15H21NO5. The minimum atomic E-state index is -1.04. The summed E-state index contributed by atoms with van der Waals surface area (Å²) in [5.41, 5.74) is 5.69. The van der Waals surface area contributed by atoms with Crippen LogP contribution >= 0.6 is 0 Å². The first-order chi connectivity index (χ1) is 9.67. The summed E-state index contributed by atoms with van der Waals surface area (Å²) in [6, 6.07) is 5.82. The maximum Gasteiger partial charge on any atom is 0.344 e. The summed E-state index contributed by atoms with van der Waals surface area (Å²) in [4.78, 5) is 22.2. The molecule has 116 valence electrons. The Morgan fingerprint density at radius 1 is 1.24 bits per heavy atom. The Labute approximate surface area is 123 Å². The monoisotopic (exact) mass is 295 g/mol. The van der Waals surface area contributed by atoms with Crippen LogP contribution in [0.3, 0.4) is 0 Å². The average molecular weight is 295 g/mol. The molecule has 6 nitrogen and oxygen atoms in total. The van der Waals surface area contributed by atoms with E-state index in [-0.39, 0.29) is 13.0 Å². The van der Waals surface area contributed by atoms with Crippen LogP contribution in [0.2, 0.25) is 0 Å². The SMILES string of the molecule is CC(C)(C)OC(=O)COc1ccc(CC(N)C(=O)O)cc1. The van der Waals surface area contributed by atoms with Crippen LogP contribution in [-0.4, -0.2) is 35.3 Å². The molecule has 0 saturated carbocycles. The molecule has 0 fully saturated rings. The van der Waals surface area contributed by atoms with Gasteiger partial charge in [-0.1, -0.05) is 12.1 Å². The highest BCUT2D eigenvalue weighted by molar-refractivity contribution is 5.73. The third-order valence-corrected chi connectivity index (χ3v) is 2.47. The molecule has 21 heavy (non-hydrogen) atoms. The standard InChI is InChI=1S/C15H21NO5/c1-15(2,3)21-13(17)9-20-11-6-4-10(5-7-11)8-12(16)14(18)19/h4-7,12H,8-9,16H2,1-3H3,(H,18,19). The molecule has 6 heteroatoms. The van der Waals surface area contributed by atoms with Crippen molar-refractivity contribution in [2.24, 2.45) is 5.73 Å². The van der Waals surface area contributed by atoms with Crippen LogP contribution in [0.4, 0.5) is 0 Å². The number of nitrogens with two attached hydrogens (primary N) is 1. The van der Waals surface area contributed by atoms with Gasteiger partial charge < -0.3 is 20.3 Å². The molecule has 1 unspecified atom stereocenters. The molecule has 0 spiro atoms. The lowest BCUT2D eigenvalue weighted by Crippen LogP contribution is -2.32. The Morgan fingerprint density at radius 2 is 1.81 bits per heavy atom. The molecule has 1 rings (SSSR count). The molecule has 0 saturated heterocycles. The lowest BCUT2D eigenvalue weighted by molar-refractivity contribution is -0.157. The van der Waals surface area contributed by atoms with Gasteiger partial charge in [0.05, 0.1) is 0 Å². The number of carbonyl (C=O) groups excluding carboxylic acids is 1. The van der Waals surface area contributed by atoms with Gasteiger partial charge in [0.25, 0.3) is 0 Å². The van der Waals surface area contributed by atoms with Gasteiger partial charge >= 0.3 is 11.9 Å². The van der Waals surface area contributed by atoms with Crippen LogP contribution in [-0.2, 0) is 20.7 Å². The predicted octanol–water partition coefficient (Wildman–Crippen LogP) is 1.36. The first kappa shape index (κ1) is 17.0. The molecular weight excluding hydrogens is 274 g/mol. The van der Waals surface area contributed by atoms with Gasteiger partial charge in [-0.05, 0) is 44.9 Å². The number of hydrogen-bond acceptors (Lipinski definition) is 5. The van der Waals surface area contributed by atoms with Crippen LogP contribution in [0.5, 0.6) is 5.75 Å². The van der Waals surface area contributed by atoms with E-state index >= 15 is 0 Å². The number of carboxylic acid groups (broad SMARTS) is 1. The van der Waals surface area contributed by atoms with E-state index in [0.29, 0.717) is 5.75 Å². The Bertz CT molecular complexity index is 490. The number of carbonyl (C=O) groups is 2. The van der Waals surface area contributed by atoms with Crippen molar-refractivity contribution in [2.45, 2.75) is 38.8 Å². The average Bonchev–Trinajstić information content (AvgIpc) is 2.35. The highest BCUT2D eigenvalue weighted by Gasteiger charge is 2.16. The van der Waals surface area contributed by atoms with Gasteiger partial charge in [0.2, 0.25) is 0 Å². The number of benzene rings is 1. The zero-order valence-corrected chi connectivity index (χ0v) is 12.5. The lowest BCUT2D eigenvalue weighted by Gasteiger charge is -2.19. The number of rotatable bonds is 6. The molecule has 0 aromatic heterocycles. The van der Waals surface area contributed by atoms with Crippen molar-refractivity contribution < 1.29 is 24.2 Å². The van der Waals surface area contributed by atoms with Crippen molar-refractivity contribution in [1.29, 1.82) is 0 Å². The smallest absolute Gasteiger partial charge is 0.344 e. The summed E-state index contributed by atoms with van der Waals surface area (Å²) in [7, 11) is 0. The lowest BCUT2D eigenvalue weighted by atomic mass is 10.1. The summed E-state index contributed by atoms with van der Waals surface area (Å²) >= 11 is 0. The van der Waals surface area contributed by atoms with E-state index in [1.165, 1.54) is 0 Å². The van der Waals surface area contributed by atoms with Crippen molar-refractivity contribution in [1.82, 2.24) is 0 Å². The highest BCUT2D eigenvalue weighted by Crippen LogP contribution is 2.14. The van der Waals surface area contributed by atoms with E-state index in [9.17, 15) is 9.59 Å². The quantitative estimate of drug-likeness (QED) is 0.769. The van der Waals surface area contributed by atoms with Crippen LogP contribution in [0.25, 0.3) is 0 Å². The molecule has 0 amide bonds. The van der Waals surface area contributed by atoms with Crippen molar-refractivity contribution in [3.8, 4) is 5.75 Å². The van der Waals surface area contributed by atoms with E-state index < -0.39 is 23.6 Å². The Kier molecular flexibility index (Phi) is 5.72. The van der Waals surface area contributed by atoms with Crippen LogP contribution < -0.4 is 10.5 Å². The minimum absolute atomic E-state index is 0.175. The van der Waals surface area contributed by atoms with Gasteiger partial charge in [0.15, 0.2) is 6.61 Å². The van der Waals surface area contributed by atoms with Gasteiger partial charge in [-0.2, -0.15) is 0 Å². The topological polar surface area (TPSA) is 98.9 Å². The second-order valence-corrected chi connectivity index (χ2v) is 5.67. The van der Waals surface area contributed by atoms with Gasteiger partial charge in [-0.3, -0.25) is 4.79 Å². The summed E-state index contributed by atoms with van der Waals surface area (Å²) in [6.45, 7) is 5.17. The van der Waals surface area contributed by atoms with E-state index in [1.54, 1.807) is 45.0 Å². The maximum atomic E-state index is 11.5. The van der Waals surface area contributed by atoms with Crippen molar-refractivity contribution >= 4 is 11.9 Å². The van der Waals surface area contributed by atoms with Crippen molar-refractivity contribution in [3.05, 3.63) is 29.8 Å². The second-order valence-electron chi connectivity index (χ2n) is 5.67. The third kappa shape index (κ3) is 6.76. The molecule has 0 aliphatic carbocycles. The molecule has 0 heterocycles. The third-order valence-electron chi connectivity index (χ3n) is 2.47. The van der Waals surface area contributed by atoms with E-state index in [0.717, 1.165) is 5.56 Å². The summed E-state index contributed by atoms with van der Waals surface area (Å²) in [5.74, 6) is -0.978. The number of carboxylic acids is 1. The fourth-order valence-corrected chi connectivity index (χ4v) is 1.58. The Balaban J connectivity index is 2.48. The first-order valence-electron chi connectivity index (χ1n) is 6.59. The van der Waals surface area contributed by atoms with Crippen LogP contribution in [0.15, 0.2) is 24.3 Å². The Morgan fingerprint density at radius 3 is 2.29 bits per heavy atom. The van der Waals surface area contributed by atoms with Gasteiger partial charge in [-0.25, -0.2) is 4.79 Å². The molecule has 0 aliphatic rings. The minimum Gasteiger partial charge on any atom is -0.482 e. The molecule has 3 N–H and O–H groups in total.